The van der Waals surface area contributed by atoms with Gasteiger partial charge in [-0.05, 0) is 63.0 Å². The average Bonchev–Trinajstić information content (AvgIpc) is 3.29. The second kappa shape index (κ2) is 15.0. The number of ether oxygens (including phenoxy) is 1. The number of nitrogens with zero attached hydrogens (tertiary/aromatic N) is 4. The van der Waals surface area contributed by atoms with Gasteiger partial charge >= 0.3 is 0 Å². The predicted molar refractivity (Wildman–Crippen MR) is 139 cm³/mol. The number of hydrogen-bond acceptors (Lipinski definition) is 6. The maximum Gasteiger partial charge on any atom is 0.226 e. The van der Waals surface area contributed by atoms with Crippen molar-refractivity contribution >= 4 is 29.9 Å². The number of rotatable bonds is 11. The predicted octanol–water partition coefficient (Wildman–Crippen LogP) is 3.73. The number of aromatic nitrogens is 2. The molecule has 1 aromatic carbocycles. The zero-order valence-electron chi connectivity index (χ0n) is 19.3. The zero-order valence-corrected chi connectivity index (χ0v) is 21.6. The highest BCUT2D eigenvalue weighted by Crippen LogP contribution is 2.20. The van der Waals surface area contributed by atoms with Crippen LogP contribution in [-0.2, 0) is 6.42 Å². The Morgan fingerprint density at radius 2 is 1.81 bits per heavy atom. The van der Waals surface area contributed by atoms with Crippen LogP contribution in [0.4, 0.5) is 0 Å². The summed E-state index contributed by atoms with van der Waals surface area (Å²) in [6, 6.07) is 7.67. The Hall–Kier alpha value is -1.88. The van der Waals surface area contributed by atoms with Gasteiger partial charge in [-0.1, -0.05) is 18.0 Å². The van der Waals surface area contributed by atoms with E-state index in [1.807, 2.05) is 31.3 Å². The van der Waals surface area contributed by atoms with Crippen molar-refractivity contribution in [1.29, 1.82) is 0 Å². The van der Waals surface area contributed by atoms with Crippen molar-refractivity contribution in [2.24, 2.45) is 4.99 Å². The molecule has 2 N–H and O–H groups in total. The number of likely N-dealkylation sites (tertiary alicyclic amines) is 1. The molecule has 0 radical (unpaired) electrons. The quantitative estimate of drug-likeness (QED) is 0.189. The van der Waals surface area contributed by atoms with Gasteiger partial charge in [-0.3, -0.25) is 4.99 Å². The zero-order chi connectivity index (χ0) is 21.7. The number of halogens is 1. The van der Waals surface area contributed by atoms with Gasteiger partial charge in [0.2, 0.25) is 11.7 Å². The van der Waals surface area contributed by atoms with Gasteiger partial charge in [0, 0.05) is 38.7 Å². The van der Waals surface area contributed by atoms with Gasteiger partial charge in [0.1, 0.15) is 5.75 Å². The minimum atomic E-state index is 0. The smallest absolute Gasteiger partial charge is 0.226 e. The molecule has 0 amide bonds. The Kier molecular flexibility index (Phi) is 12.4. The van der Waals surface area contributed by atoms with Crippen LogP contribution in [0.2, 0.25) is 0 Å². The van der Waals surface area contributed by atoms with E-state index in [0.717, 1.165) is 62.6 Å². The van der Waals surface area contributed by atoms with E-state index in [9.17, 15) is 0 Å². The summed E-state index contributed by atoms with van der Waals surface area (Å²) in [5, 5.41) is 10.9. The van der Waals surface area contributed by atoms with Crippen molar-refractivity contribution < 1.29 is 9.26 Å². The lowest BCUT2D eigenvalue weighted by molar-refractivity contribution is 0.232. The third kappa shape index (κ3) is 8.93. The lowest BCUT2D eigenvalue weighted by atomic mass is 10.1. The molecule has 0 aliphatic carbocycles. The van der Waals surface area contributed by atoms with Crippen molar-refractivity contribution in [3.05, 3.63) is 30.2 Å². The summed E-state index contributed by atoms with van der Waals surface area (Å²) in [7, 11) is 3.48. The normalized spacial score (nSPS) is 14.6. The van der Waals surface area contributed by atoms with Crippen LogP contribution in [0.15, 0.2) is 33.8 Å². The van der Waals surface area contributed by atoms with Crippen molar-refractivity contribution in [2.45, 2.75) is 44.9 Å². The fourth-order valence-corrected chi connectivity index (χ4v) is 3.73. The summed E-state index contributed by atoms with van der Waals surface area (Å²) in [4.78, 5) is 11.3. The Balaban J connectivity index is 0.00000363. The van der Waals surface area contributed by atoms with Crippen LogP contribution in [0, 0.1) is 0 Å². The Morgan fingerprint density at radius 1 is 1.06 bits per heavy atom. The summed E-state index contributed by atoms with van der Waals surface area (Å²) in [6.45, 7) is 5.39. The molecular formula is C23H37IN6O2. The van der Waals surface area contributed by atoms with Crippen LogP contribution in [-0.4, -0.2) is 67.9 Å². The summed E-state index contributed by atoms with van der Waals surface area (Å²) in [5.41, 5.74) is 0.930. The minimum Gasteiger partial charge on any atom is -0.497 e. The van der Waals surface area contributed by atoms with Gasteiger partial charge in [0.15, 0.2) is 5.96 Å². The fourth-order valence-electron chi connectivity index (χ4n) is 3.73. The number of nitrogens with one attached hydrogen (secondary N) is 2. The second-order valence-electron chi connectivity index (χ2n) is 7.88. The topological polar surface area (TPSA) is 87.8 Å². The maximum absolute atomic E-state index is 5.39. The first-order valence-electron chi connectivity index (χ1n) is 11.4. The molecular weight excluding hydrogens is 519 g/mol. The van der Waals surface area contributed by atoms with Gasteiger partial charge in [0.25, 0.3) is 0 Å². The van der Waals surface area contributed by atoms with E-state index < -0.39 is 0 Å². The van der Waals surface area contributed by atoms with Crippen LogP contribution in [0.5, 0.6) is 5.75 Å². The fraction of sp³-hybridized carbons (Fsp3) is 0.609. The molecule has 0 spiro atoms. The van der Waals surface area contributed by atoms with Crippen molar-refractivity contribution in [1.82, 2.24) is 25.7 Å². The molecule has 0 unspecified atom stereocenters. The standard InChI is InChI=1S/C23H36N6O2.HI/c1-24-23(26-15-18-29-16-7-4-8-17-29)25-14-6-3-5-9-21-27-22(28-31-21)19-10-12-20(30-2)13-11-19;/h10-13H,3-9,14-18H2,1-2H3,(H2,24,25,26);1H. The van der Waals surface area contributed by atoms with E-state index in [0.29, 0.717) is 11.7 Å². The molecule has 1 fully saturated rings. The largest absolute Gasteiger partial charge is 0.497 e. The van der Waals surface area contributed by atoms with E-state index in [1.54, 1.807) is 7.11 Å². The highest BCUT2D eigenvalue weighted by Gasteiger charge is 2.10. The third-order valence-corrected chi connectivity index (χ3v) is 5.57. The molecule has 0 atom stereocenters. The first-order valence-corrected chi connectivity index (χ1v) is 11.4. The average molecular weight is 556 g/mol. The molecule has 9 heteroatoms. The summed E-state index contributed by atoms with van der Waals surface area (Å²) < 4.78 is 10.6. The van der Waals surface area contributed by atoms with Crippen molar-refractivity contribution in [3.63, 3.8) is 0 Å². The van der Waals surface area contributed by atoms with Gasteiger partial charge in [0.05, 0.1) is 7.11 Å². The maximum atomic E-state index is 5.39. The number of piperidine rings is 1. The van der Waals surface area contributed by atoms with Crippen LogP contribution in [0.3, 0.4) is 0 Å². The number of guanidine groups is 1. The molecule has 3 rings (SSSR count). The van der Waals surface area contributed by atoms with E-state index in [2.05, 4.69) is 30.7 Å². The van der Waals surface area contributed by atoms with Crippen LogP contribution in [0.25, 0.3) is 11.4 Å². The third-order valence-electron chi connectivity index (χ3n) is 5.57. The monoisotopic (exact) mass is 556 g/mol. The number of methoxy groups -OCH3 is 1. The van der Waals surface area contributed by atoms with E-state index >= 15 is 0 Å². The Bertz CT molecular complexity index is 790. The summed E-state index contributed by atoms with van der Waals surface area (Å²) in [5.74, 6) is 3.01. The van der Waals surface area contributed by atoms with Crippen molar-refractivity contribution in [3.8, 4) is 17.1 Å². The van der Waals surface area contributed by atoms with Gasteiger partial charge in [-0.25, -0.2) is 0 Å². The number of hydrogen-bond donors (Lipinski definition) is 2. The molecule has 8 nitrogen and oxygen atoms in total. The lowest BCUT2D eigenvalue weighted by Crippen LogP contribution is -2.42. The Morgan fingerprint density at radius 3 is 2.53 bits per heavy atom. The van der Waals surface area contributed by atoms with Crippen LogP contribution in [0.1, 0.15) is 44.4 Å². The minimum absolute atomic E-state index is 0. The van der Waals surface area contributed by atoms with Gasteiger partial charge < -0.3 is 24.8 Å². The number of aryl methyl sites for hydroxylation is 1. The first kappa shape index (κ1) is 26.4. The molecule has 1 aliphatic heterocycles. The number of aliphatic imine (C=N–C) groups is 1. The number of unbranched alkanes of at least 4 members (excludes halogenated alkanes) is 2. The highest BCUT2D eigenvalue weighted by molar-refractivity contribution is 14.0. The van der Waals surface area contributed by atoms with Crippen LogP contribution >= 0.6 is 24.0 Å². The van der Waals surface area contributed by atoms with Crippen molar-refractivity contribution in [2.75, 3.05) is 46.9 Å². The molecule has 0 bridgehead atoms. The molecule has 1 aromatic heterocycles. The number of benzene rings is 1. The summed E-state index contributed by atoms with van der Waals surface area (Å²) in [6.07, 6.45) is 8.03. The summed E-state index contributed by atoms with van der Waals surface area (Å²) >= 11 is 0. The van der Waals surface area contributed by atoms with E-state index in [-0.39, 0.29) is 24.0 Å². The molecule has 2 aromatic rings. The SMILES string of the molecule is CN=C(NCCCCCc1nc(-c2ccc(OC)cc2)no1)NCCN1CCCCC1.I. The molecule has 0 saturated carbocycles. The van der Waals surface area contributed by atoms with E-state index in [4.69, 9.17) is 9.26 Å². The molecule has 2 heterocycles. The molecule has 178 valence electrons. The molecule has 1 aliphatic rings. The van der Waals surface area contributed by atoms with E-state index in [1.165, 1.54) is 32.4 Å². The van der Waals surface area contributed by atoms with Gasteiger partial charge in [-0.15, -0.1) is 24.0 Å². The lowest BCUT2D eigenvalue weighted by Gasteiger charge is -2.26. The second-order valence-corrected chi connectivity index (χ2v) is 7.88. The Labute approximate surface area is 208 Å². The molecule has 32 heavy (non-hydrogen) atoms. The van der Waals surface area contributed by atoms with Crippen LogP contribution < -0.4 is 15.4 Å². The van der Waals surface area contributed by atoms with Gasteiger partial charge in [-0.2, -0.15) is 4.98 Å². The molecule has 1 saturated heterocycles. The highest BCUT2D eigenvalue weighted by atomic mass is 127. The first-order chi connectivity index (χ1) is 15.3.